The average Bonchev–Trinajstić information content (AvgIpc) is 3.28. The summed E-state index contributed by atoms with van der Waals surface area (Å²) >= 11 is 0. The molecule has 4 atom stereocenters. The fourth-order valence-electron chi connectivity index (χ4n) is 7.78. The van der Waals surface area contributed by atoms with E-state index in [0.29, 0.717) is 25.7 Å². The van der Waals surface area contributed by atoms with E-state index in [1.165, 1.54) is 16.0 Å². The number of hydrogen-bond acceptors (Lipinski definition) is 6. The summed E-state index contributed by atoms with van der Waals surface area (Å²) in [5.41, 5.74) is 5.14. The van der Waals surface area contributed by atoms with E-state index < -0.39 is 23.9 Å². The van der Waals surface area contributed by atoms with Crippen LogP contribution in [0.3, 0.4) is 0 Å². The number of piperidine rings is 1. The molecule has 3 aliphatic rings. The van der Waals surface area contributed by atoms with Crippen molar-refractivity contribution in [3.05, 3.63) is 82.4 Å². The number of hydrogen-bond donors (Lipinski definition) is 3. The zero-order valence-electron chi connectivity index (χ0n) is 26.2. The average molecular weight is 601 g/mol. The van der Waals surface area contributed by atoms with Crippen LogP contribution in [0.5, 0.6) is 5.75 Å². The third-order valence-corrected chi connectivity index (χ3v) is 9.92. The van der Waals surface area contributed by atoms with E-state index in [1.54, 1.807) is 12.1 Å². The standard InChI is InChI=1S/C37H48N2O5/c1-3-9-25(20-27-12-8-13-30(41)21-27)14-15-33(42)34-28(4-2)22-31-35(32(34)24-40)37(44)39(36(31)43)29-16-18-38(19-17-29)23-26-10-6-5-7-11-26/h5-8,10-13,20-21,29,31-33,35,40-42H,3-4,9,14-19,22-24H2,1-2H3/b25-20+/t31-,32+,33-,35-/m1/s1. The fourth-order valence-corrected chi connectivity index (χ4v) is 7.78. The first-order valence-electron chi connectivity index (χ1n) is 16.5. The van der Waals surface area contributed by atoms with Gasteiger partial charge >= 0.3 is 0 Å². The van der Waals surface area contributed by atoms with Gasteiger partial charge in [0.25, 0.3) is 0 Å². The lowest BCUT2D eigenvalue weighted by molar-refractivity contribution is -0.144. The Morgan fingerprint density at radius 1 is 1.00 bits per heavy atom. The van der Waals surface area contributed by atoms with Gasteiger partial charge in [0.1, 0.15) is 5.75 Å². The van der Waals surface area contributed by atoms with Crippen LogP contribution in [0.2, 0.25) is 0 Å². The summed E-state index contributed by atoms with van der Waals surface area (Å²) in [7, 11) is 0. The van der Waals surface area contributed by atoms with E-state index in [4.69, 9.17) is 0 Å². The lowest BCUT2D eigenvalue weighted by Gasteiger charge is -2.37. The van der Waals surface area contributed by atoms with Gasteiger partial charge in [0.2, 0.25) is 11.8 Å². The van der Waals surface area contributed by atoms with Gasteiger partial charge in [-0.15, -0.1) is 0 Å². The van der Waals surface area contributed by atoms with Crippen LogP contribution in [-0.4, -0.2) is 68.8 Å². The van der Waals surface area contributed by atoms with Crippen molar-refractivity contribution in [1.82, 2.24) is 9.80 Å². The highest BCUT2D eigenvalue weighted by Crippen LogP contribution is 2.48. The molecule has 2 aliphatic heterocycles. The Balaban J connectivity index is 1.28. The second-order valence-electron chi connectivity index (χ2n) is 12.8. The molecule has 236 valence electrons. The normalized spacial score (nSPS) is 24.2. The molecule has 3 N–H and O–H groups in total. The molecule has 0 aromatic heterocycles. The molecule has 2 fully saturated rings. The molecule has 2 aromatic rings. The van der Waals surface area contributed by atoms with Crippen molar-refractivity contribution in [3.8, 4) is 5.75 Å². The SMILES string of the molecule is CCC/C(=C\c1cccc(O)c1)CC[C@@H](O)C1=C(CC)C[C@H]2C(=O)N(C3CCN(Cc4ccccc4)CC3)C(=O)[C@H]2[C@H]1CO. The fraction of sp³-hybridized carbons (Fsp3) is 0.514. The number of carbonyl (C=O) groups is 2. The predicted molar refractivity (Wildman–Crippen MR) is 172 cm³/mol. The van der Waals surface area contributed by atoms with Crippen LogP contribution >= 0.6 is 0 Å². The molecule has 2 aromatic carbocycles. The minimum Gasteiger partial charge on any atom is -0.508 e. The van der Waals surface area contributed by atoms with E-state index in [2.05, 4.69) is 30.0 Å². The Bertz CT molecular complexity index is 1360. The van der Waals surface area contributed by atoms with Crippen molar-refractivity contribution in [2.45, 2.75) is 83.9 Å². The number of nitrogens with zero attached hydrogens (tertiary/aromatic N) is 2. The summed E-state index contributed by atoms with van der Waals surface area (Å²) in [6.45, 7) is 6.40. The number of phenols is 1. The minimum atomic E-state index is -0.800. The quantitative estimate of drug-likeness (QED) is 0.213. The zero-order valence-corrected chi connectivity index (χ0v) is 26.2. The summed E-state index contributed by atoms with van der Waals surface area (Å²) in [6.07, 6.45) is 6.91. The summed E-state index contributed by atoms with van der Waals surface area (Å²) in [5, 5.41) is 32.1. The number of likely N-dealkylation sites (tertiary alicyclic amines) is 2. The van der Waals surface area contributed by atoms with E-state index in [1.807, 2.05) is 37.3 Å². The molecule has 2 saturated heterocycles. The Hall–Kier alpha value is -3.26. The number of imide groups is 1. The number of aliphatic hydroxyl groups excluding tert-OH is 2. The predicted octanol–water partition coefficient (Wildman–Crippen LogP) is 5.70. The third kappa shape index (κ3) is 7.01. The van der Waals surface area contributed by atoms with E-state index >= 15 is 0 Å². The molecule has 1 aliphatic carbocycles. The molecule has 0 spiro atoms. The molecule has 0 unspecified atom stereocenters. The molecule has 7 nitrogen and oxygen atoms in total. The number of phenolic OH excluding ortho intramolecular Hbond substituents is 1. The van der Waals surface area contributed by atoms with Crippen LogP contribution in [0.4, 0.5) is 0 Å². The number of benzene rings is 2. The first-order valence-corrected chi connectivity index (χ1v) is 16.5. The van der Waals surface area contributed by atoms with Crippen LogP contribution in [-0.2, 0) is 16.1 Å². The Labute approximate surface area is 261 Å². The van der Waals surface area contributed by atoms with Crippen molar-refractivity contribution < 1.29 is 24.9 Å². The van der Waals surface area contributed by atoms with Crippen molar-refractivity contribution in [1.29, 1.82) is 0 Å². The highest BCUT2D eigenvalue weighted by Gasteiger charge is 2.56. The monoisotopic (exact) mass is 600 g/mol. The number of aromatic hydroxyl groups is 1. The highest BCUT2D eigenvalue weighted by atomic mass is 16.3. The van der Waals surface area contributed by atoms with Crippen LogP contribution in [0.25, 0.3) is 6.08 Å². The van der Waals surface area contributed by atoms with Crippen molar-refractivity contribution in [2.75, 3.05) is 19.7 Å². The van der Waals surface area contributed by atoms with Crippen LogP contribution < -0.4 is 0 Å². The summed E-state index contributed by atoms with van der Waals surface area (Å²) in [4.78, 5) is 31.7. The second kappa shape index (κ2) is 14.7. The number of amides is 2. The molecular weight excluding hydrogens is 552 g/mol. The number of carbonyl (C=O) groups excluding carboxylic acids is 2. The van der Waals surface area contributed by atoms with Gasteiger partial charge in [-0.25, -0.2) is 0 Å². The van der Waals surface area contributed by atoms with E-state index in [9.17, 15) is 24.9 Å². The number of aliphatic hydroxyl groups is 2. The van der Waals surface area contributed by atoms with Gasteiger partial charge in [0.15, 0.2) is 0 Å². The Kier molecular flexibility index (Phi) is 10.7. The van der Waals surface area contributed by atoms with Gasteiger partial charge in [0.05, 0.1) is 24.5 Å². The summed E-state index contributed by atoms with van der Waals surface area (Å²) in [5.74, 6) is -1.68. The van der Waals surface area contributed by atoms with Gasteiger partial charge < -0.3 is 15.3 Å². The maximum atomic E-state index is 14.0. The van der Waals surface area contributed by atoms with Crippen molar-refractivity contribution in [2.24, 2.45) is 17.8 Å². The van der Waals surface area contributed by atoms with Gasteiger partial charge in [-0.05, 0) is 73.8 Å². The highest BCUT2D eigenvalue weighted by molar-refractivity contribution is 6.06. The molecule has 2 amide bonds. The number of fused-ring (bicyclic) bond motifs is 1. The molecule has 2 heterocycles. The molecule has 0 bridgehead atoms. The maximum absolute atomic E-state index is 14.0. The summed E-state index contributed by atoms with van der Waals surface area (Å²) in [6, 6.07) is 17.4. The smallest absolute Gasteiger partial charge is 0.234 e. The van der Waals surface area contributed by atoms with Crippen molar-refractivity contribution in [3.63, 3.8) is 0 Å². The molecule has 44 heavy (non-hydrogen) atoms. The van der Waals surface area contributed by atoms with E-state index in [0.717, 1.165) is 62.0 Å². The van der Waals surface area contributed by atoms with Gasteiger partial charge in [0, 0.05) is 31.6 Å². The maximum Gasteiger partial charge on any atom is 0.234 e. The van der Waals surface area contributed by atoms with E-state index in [-0.39, 0.29) is 30.2 Å². The van der Waals surface area contributed by atoms with Gasteiger partial charge in [-0.3, -0.25) is 19.4 Å². The minimum absolute atomic E-state index is 0.0984. The lowest BCUT2D eigenvalue weighted by atomic mass is 9.67. The van der Waals surface area contributed by atoms with Gasteiger partial charge in [-0.1, -0.05) is 80.0 Å². The number of allylic oxidation sites excluding steroid dienone is 2. The Morgan fingerprint density at radius 3 is 2.41 bits per heavy atom. The van der Waals surface area contributed by atoms with Crippen LogP contribution in [0, 0.1) is 17.8 Å². The largest absolute Gasteiger partial charge is 0.508 e. The Morgan fingerprint density at radius 2 is 1.75 bits per heavy atom. The number of rotatable bonds is 12. The first-order chi connectivity index (χ1) is 21.3. The second-order valence-corrected chi connectivity index (χ2v) is 12.8. The van der Waals surface area contributed by atoms with Crippen LogP contribution in [0.15, 0.2) is 71.3 Å². The topological polar surface area (TPSA) is 101 Å². The molecule has 0 radical (unpaired) electrons. The molecule has 7 heteroatoms. The first kappa shape index (κ1) is 32.1. The molecular formula is C37H48N2O5. The summed E-state index contributed by atoms with van der Waals surface area (Å²) < 4.78 is 0. The molecule has 5 rings (SSSR count). The third-order valence-electron chi connectivity index (χ3n) is 9.92. The van der Waals surface area contributed by atoms with Crippen LogP contribution in [0.1, 0.15) is 76.3 Å². The zero-order chi connectivity index (χ0) is 31.2. The van der Waals surface area contributed by atoms with Crippen molar-refractivity contribution >= 4 is 17.9 Å². The lowest BCUT2D eigenvalue weighted by Crippen LogP contribution is -2.47. The molecule has 0 saturated carbocycles. The van der Waals surface area contributed by atoms with Gasteiger partial charge in [-0.2, -0.15) is 0 Å².